The molecule has 2 heteroatoms. The maximum Gasteiger partial charge on any atom is 0.133 e. The maximum absolute atomic E-state index is 10.9. The molecule has 1 aromatic carbocycles. The zero-order valence-electron chi connectivity index (χ0n) is 14.7. The minimum atomic E-state index is 0.160. The monoisotopic (exact) mass is 376 g/mol. The molecule has 0 saturated heterocycles. The molecular formula is C21H29BrO. The van der Waals surface area contributed by atoms with Gasteiger partial charge < -0.3 is 5.11 Å². The van der Waals surface area contributed by atoms with Crippen LogP contribution in [0.2, 0.25) is 0 Å². The molecule has 0 unspecified atom stereocenters. The molecule has 0 aliphatic heterocycles. The van der Waals surface area contributed by atoms with Crippen LogP contribution in [0.4, 0.5) is 0 Å². The van der Waals surface area contributed by atoms with Gasteiger partial charge in [0.2, 0.25) is 0 Å². The Morgan fingerprint density at radius 1 is 1.09 bits per heavy atom. The second-order valence-corrected chi connectivity index (χ2v) is 10.1. The molecule has 4 saturated carbocycles. The molecule has 0 heterocycles. The molecule has 0 atom stereocenters. The van der Waals surface area contributed by atoms with Crippen molar-refractivity contribution in [3.8, 4) is 5.75 Å². The smallest absolute Gasteiger partial charge is 0.133 e. The first-order valence-electron chi connectivity index (χ1n) is 9.36. The molecule has 5 rings (SSSR count). The van der Waals surface area contributed by atoms with Gasteiger partial charge in [0.25, 0.3) is 0 Å². The van der Waals surface area contributed by atoms with E-state index in [1.54, 1.807) is 0 Å². The number of hydrogen-bond donors (Lipinski definition) is 1. The van der Waals surface area contributed by atoms with Crippen molar-refractivity contribution in [1.29, 1.82) is 0 Å². The summed E-state index contributed by atoms with van der Waals surface area (Å²) >= 11 is 3.65. The van der Waals surface area contributed by atoms with Crippen molar-refractivity contribution < 1.29 is 5.11 Å². The minimum absolute atomic E-state index is 0.160. The van der Waals surface area contributed by atoms with Crippen LogP contribution in [0.5, 0.6) is 5.75 Å². The lowest BCUT2D eigenvalue weighted by molar-refractivity contribution is -0.00623. The van der Waals surface area contributed by atoms with Crippen molar-refractivity contribution in [2.24, 2.45) is 17.8 Å². The standard InChI is InChI=1S/C21H29BrO/c1-4-20(2,3)16-8-17(19(23)18(22)9-16)21-10-13-5-14(11-21)7-15(6-13)12-21/h8-9,13-15,23H,4-7,10-12H2,1-3H3. The van der Waals surface area contributed by atoms with E-state index < -0.39 is 0 Å². The molecular weight excluding hydrogens is 348 g/mol. The number of phenols is 1. The largest absolute Gasteiger partial charge is 0.506 e. The Morgan fingerprint density at radius 2 is 1.61 bits per heavy atom. The predicted octanol–water partition coefficient (Wildman–Crippen LogP) is 6.31. The van der Waals surface area contributed by atoms with E-state index in [9.17, 15) is 5.11 Å². The van der Waals surface area contributed by atoms with E-state index in [-0.39, 0.29) is 10.8 Å². The Labute approximate surface area is 149 Å². The summed E-state index contributed by atoms with van der Waals surface area (Å²) in [6.45, 7) is 6.88. The molecule has 1 nitrogen and oxygen atoms in total. The Balaban J connectivity index is 1.82. The quantitative estimate of drug-likeness (QED) is 0.654. The van der Waals surface area contributed by atoms with Gasteiger partial charge in [0.1, 0.15) is 5.75 Å². The summed E-state index contributed by atoms with van der Waals surface area (Å²) in [6.07, 6.45) is 9.35. The molecule has 126 valence electrons. The third-order valence-electron chi connectivity index (χ3n) is 7.34. The number of rotatable bonds is 3. The summed E-state index contributed by atoms with van der Waals surface area (Å²) in [6, 6.07) is 4.50. The Hall–Kier alpha value is -0.500. The SMILES string of the molecule is CCC(C)(C)c1cc(Br)c(O)c(C23CC4CC(CC(C4)C2)C3)c1. The molecule has 0 radical (unpaired) electrons. The van der Waals surface area contributed by atoms with Crippen LogP contribution >= 0.6 is 15.9 Å². The van der Waals surface area contributed by atoms with Crippen LogP contribution in [0.25, 0.3) is 0 Å². The predicted molar refractivity (Wildman–Crippen MR) is 99.0 cm³/mol. The highest BCUT2D eigenvalue weighted by atomic mass is 79.9. The van der Waals surface area contributed by atoms with Crippen molar-refractivity contribution >= 4 is 15.9 Å². The van der Waals surface area contributed by atoms with E-state index in [0.717, 1.165) is 28.6 Å². The summed E-state index contributed by atoms with van der Waals surface area (Å²) < 4.78 is 0.891. The van der Waals surface area contributed by atoms with E-state index >= 15 is 0 Å². The fourth-order valence-corrected chi connectivity index (χ4v) is 6.50. The summed E-state index contributed by atoms with van der Waals surface area (Å²) in [7, 11) is 0. The Bertz CT molecular complexity index is 596. The normalized spacial score (nSPS) is 35.7. The third-order valence-corrected chi connectivity index (χ3v) is 7.94. The summed E-state index contributed by atoms with van der Waals surface area (Å²) in [5.74, 6) is 3.23. The minimum Gasteiger partial charge on any atom is -0.506 e. The Kier molecular flexibility index (Phi) is 3.65. The van der Waals surface area contributed by atoms with Crippen molar-refractivity contribution in [3.63, 3.8) is 0 Å². The lowest BCUT2D eigenvalue weighted by Gasteiger charge is -2.57. The first-order valence-corrected chi connectivity index (χ1v) is 10.2. The second kappa shape index (κ2) is 5.25. The molecule has 0 amide bonds. The molecule has 0 spiro atoms. The topological polar surface area (TPSA) is 20.2 Å². The van der Waals surface area contributed by atoms with E-state index in [1.165, 1.54) is 49.7 Å². The molecule has 0 aromatic heterocycles. The van der Waals surface area contributed by atoms with Gasteiger partial charge in [-0.3, -0.25) is 0 Å². The van der Waals surface area contributed by atoms with Crippen LogP contribution in [-0.2, 0) is 10.8 Å². The number of hydrogen-bond acceptors (Lipinski definition) is 1. The summed E-state index contributed by atoms with van der Waals surface area (Å²) in [5, 5.41) is 10.9. The van der Waals surface area contributed by atoms with Gasteiger partial charge in [0.15, 0.2) is 0 Å². The Morgan fingerprint density at radius 3 is 2.09 bits per heavy atom. The number of halogens is 1. The van der Waals surface area contributed by atoms with Crippen LogP contribution in [0.15, 0.2) is 16.6 Å². The van der Waals surface area contributed by atoms with Gasteiger partial charge in [-0.05, 0) is 101 Å². The lowest BCUT2D eigenvalue weighted by atomic mass is 9.48. The second-order valence-electron chi connectivity index (χ2n) is 9.29. The van der Waals surface area contributed by atoms with Crippen LogP contribution in [0.1, 0.15) is 76.8 Å². The van der Waals surface area contributed by atoms with Crippen molar-refractivity contribution in [2.45, 2.75) is 76.5 Å². The average Bonchev–Trinajstić information content (AvgIpc) is 2.48. The summed E-state index contributed by atoms with van der Waals surface area (Å²) in [5.41, 5.74) is 3.03. The van der Waals surface area contributed by atoms with Gasteiger partial charge in [0.05, 0.1) is 4.47 Å². The highest BCUT2D eigenvalue weighted by Crippen LogP contribution is 2.62. The van der Waals surface area contributed by atoms with E-state index in [1.807, 2.05) is 0 Å². The maximum atomic E-state index is 10.9. The van der Waals surface area contributed by atoms with Gasteiger partial charge >= 0.3 is 0 Å². The van der Waals surface area contributed by atoms with Crippen LogP contribution in [-0.4, -0.2) is 5.11 Å². The lowest BCUT2D eigenvalue weighted by Crippen LogP contribution is -2.48. The molecule has 4 aliphatic carbocycles. The highest BCUT2D eigenvalue weighted by Gasteiger charge is 2.52. The summed E-state index contributed by atoms with van der Waals surface area (Å²) in [4.78, 5) is 0. The van der Waals surface area contributed by atoms with Gasteiger partial charge in [-0.2, -0.15) is 0 Å². The van der Waals surface area contributed by atoms with Gasteiger partial charge in [-0.25, -0.2) is 0 Å². The molecule has 4 bridgehead atoms. The van der Waals surface area contributed by atoms with Gasteiger partial charge in [-0.15, -0.1) is 0 Å². The third kappa shape index (κ3) is 2.47. The van der Waals surface area contributed by atoms with E-state index in [0.29, 0.717) is 5.75 Å². The fourth-order valence-electron chi connectivity index (χ4n) is 6.04. The first kappa shape index (κ1) is 16.0. The number of benzene rings is 1. The average molecular weight is 377 g/mol. The molecule has 1 N–H and O–H groups in total. The number of phenolic OH excluding ortho intramolecular Hbond substituents is 1. The van der Waals surface area contributed by atoms with Crippen LogP contribution in [0, 0.1) is 17.8 Å². The fraction of sp³-hybridized carbons (Fsp3) is 0.714. The van der Waals surface area contributed by atoms with Gasteiger partial charge in [0, 0.05) is 5.56 Å². The van der Waals surface area contributed by atoms with Crippen LogP contribution in [0.3, 0.4) is 0 Å². The molecule has 4 fully saturated rings. The van der Waals surface area contributed by atoms with Crippen LogP contribution < -0.4 is 0 Å². The molecule has 1 aromatic rings. The zero-order chi connectivity index (χ0) is 16.4. The van der Waals surface area contributed by atoms with Gasteiger partial charge in [-0.1, -0.05) is 26.8 Å². The van der Waals surface area contributed by atoms with E-state index in [2.05, 4.69) is 48.8 Å². The first-order chi connectivity index (χ1) is 10.8. The number of aromatic hydroxyl groups is 1. The van der Waals surface area contributed by atoms with Crippen molar-refractivity contribution in [3.05, 3.63) is 27.7 Å². The highest BCUT2D eigenvalue weighted by molar-refractivity contribution is 9.10. The molecule has 23 heavy (non-hydrogen) atoms. The van der Waals surface area contributed by atoms with Crippen molar-refractivity contribution in [2.75, 3.05) is 0 Å². The van der Waals surface area contributed by atoms with E-state index in [4.69, 9.17) is 0 Å². The zero-order valence-corrected chi connectivity index (χ0v) is 16.2. The van der Waals surface area contributed by atoms with Crippen molar-refractivity contribution in [1.82, 2.24) is 0 Å². The molecule has 4 aliphatic rings.